The first-order valence-electron chi connectivity index (χ1n) is 8.85. The molecule has 5 fully saturated rings. The molecule has 1 heterocycles. The van der Waals surface area contributed by atoms with Crippen molar-refractivity contribution in [3.8, 4) is 0 Å². The van der Waals surface area contributed by atoms with Crippen LogP contribution in [0.4, 0.5) is 0 Å². The van der Waals surface area contributed by atoms with Crippen molar-refractivity contribution >= 4 is 5.91 Å². The van der Waals surface area contributed by atoms with Gasteiger partial charge in [-0.1, -0.05) is 0 Å². The van der Waals surface area contributed by atoms with Gasteiger partial charge in [0.2, 0.25) is 5.91 Å². The molecule has 2 N–H and O–H groups in total. The topological polar surface area (TPSA) is 33.5 Å². The Morgan fingerprint density at radius 1 is 0.950 bits per heavy atom. The zero-order chi connectivity index (χ0) is 13.6. The maximum Gasteiger partial charge on any atom is 0.230 e. The van der Waals surface area contributed by atoms with Crippen LogP contribution < -0.4 is 10.2 Å². The lowest BCUT2D eigenvalue weighted by atomic mass is 9.49. The largest absolute Gasteiger partial charge is 0.318 e. The molecule has 0 unspecified atom stereocenters. The van der Waals surface area contributed by atoms with Crippen molar-refractivity contribution < 1.29 is 9.69 Å². The van der Waals surface area contributed by atoms with Crippen LogP contribution in [-0.2, 0) is 4.79 Å². The maximum absolute atomic E-state index is 12.8. The first kappa shape index (κ1) is 13.1. The first-order chi connectivity index (χ1) is 9.73. The summed E-state index contributed by atoms with van der Waals surface area (Å²) in [6.07, 6.45) is 11.9. The Kier molecular flexibility index (Phi) is 3.29. The number of rotatable bonds is 3. The fourth-order valence-corrected chi connectivity index (χ4v) is 6.01. The zero-order valence-corrected chi connectivity index (χ0v) is 12.6. The van der Waals surface area contributed by atoms with Crippen LogP contribution in [0.25, 0.3) is 0 Å². The Bertz CT molecular complexity index is 351. The third-order valence-corrected chi connectivity index (χ3v) is 6.58. The number of amides is 1. The summed E-state index contributed by atoms with van der Waals surface area (Å²) < 4.78 is 0. The minimum atomic E-state index is 0.0456. The number of piperidine rings is 1. The summed E-state index contributed by atoms with van der Waals surface area (Å²) in [6.45, 7) is 3.38. The van der Waals surface area contributed by atoms with Gasteiger partial charge in [-0.3, -0.25) is 4.79 Å². The number of nitrogens with one attached hydrogen (secondary N) is 2. The van der Waals surface area contributed by atoms with Crippen LogP contribution in [0.3, 0.4) is 0 Å². The molecule has 1 amide bonds. The molecule has 0 aromatic rings. The Morgan fingerprint density at radius 3 is 2.05 bits per heavy atom. The highest BCUT2D eigenvalue weighted by molar-refractivity contribution is 5.83. The Hall–Kier alpha value is -0.570. The molecule has 1 aliphatic heterocycles. The summed E-state index contributed by atoms with van der Waals surface area (Å²) >= 11 is 0. The van der Waals surface area contributed by atoms with Crippen LogP contribution in [-0.4, -0.2) is 25.7 Å². The molecular formula is C17H29N2O+. The van der Waals surface area contributed by atoms with Crippen LogP contribution >= 0.6 is 0 Å². The fraction of sp³-hybridized carbons (Fsp3) is 0.941. The summed E-state index contributed by atoms with van der Waals surface area (Å²) in [4.78, 5) is 14.4. The zero-order valence-electron chi connectivity index (χ0n) is 12.6. The van der Waals surface area contributed by atoms with Gasteiger partial charge < -0.3 is 10.2 Å². The molecule has 5 aliphatic rings. The van der Waals surface area contributed by atoms with Crippen LogP contribution in [0.5, 0.6) is 0 Å². The summed E-state index contributed by atoms with van der Waals surface area (Å²) in [5, 5.41) is 3.33. The molecule has 3 nitrogen and oxygen atoms in total. The molecule has 0 aromatic carbocycles. The van der Waals surface area contributed by atoms with Crippen LogP contribution in [0.1, 0.15) is 57.8 Å². The van der Waals surface area contributed by atoms with E-state index in [4.69, 9.17) is 0 Å². The van der Waals surface area contributed by atoms with Gasteiger partial charge in [-0.15, -0.1) is 0 Å². The van der Waals surface area contributed by atoms with E-state index >= 15 is 0 Å². The van der Waals surface area contributed by atoms with E-state index in [1.807, 2.05) is 0 Å². The molecule has 1 saturated heterocycles. The van der Waals surface area contributed by atoms with Gasteiger partial charge in [-0.05, 0) is 75.5 Å². The number of likely N-dealkylation sites (tertiary alicyclic amines) is 1. The number of carbonyl (C=O) groups excluding carboxylic acids is 1. The third kappa shape index (κ3) is 2.28. The van der Waals surface area contributed by atoms with Gasteiger partial charge in [0, 0.05) is 0 Å². The van der Waals surface area contributed by atoms with Gasteiger partial charge in [0.25, 0.3) is 0 Å². The molecule has 4 saturated carbocycles. The van der Waals surface area contributed by atoms with Gasteiger partial charge >= 0.3 is 0 Å². The predicted octanol–water partition coefficient (Wildman–Crippen LogP) is 1.35. The van der Waals surface area contributed by atoms with E-state index < -0.39 is 0 Å². The van der Waals surface area contributed by atoms with Gasteiger partial charge in [0.05, 0.1) is 18.5 Å². The summed E-state index contributed by atoms with van der Waals surface area (Å²) in [7, 11) is 0. The van der Waals surface area contributed by atoms with Gasteiger partial charge in [0.1, 0.15) is 0 Å². The SMILES string of the molecule is O=C(NC[NH+]1CCCCC1)C12CC3CC(CC(C3)C1)C2. The van der Waals surface area contributed by atoms with Gasteiger partial charge in [-0.25, -0.2) is 0 Å². The minimum Gasteiger partial charge on any atom is -0.318 e. The normalized spacial score (nSPS) is 43.7. The number of hydrogen-bond acceptors (Lipinski definition) is 1. The Labute approximate surface area is 122 Å². The molecule has 20 heavy (non-hydrogen) atoms. The maximum atomic E-state index is 12.8. The summed E-state index contributed by atoms with van der Waals surface area (Å²) in [6, 6.07) is 0. The van der Waals surface area contributed by atoms with E-state index in [1.54, 1.807) is 4.90 Å². The molecule has 5 rings (SSSR count). The second-order valence-electron chi connectivity index (χ2n) is 8.19. The molecule has 0 spiro atoms. The lowest BCUT2D eigenvalue weighted by Crippen LogP contribution is -3.14. The van der Waals surface area contributed by atoms with Crippen molar-refractivity contribution in [3.05, 3.63) is 0 Å². The van der Waals surface area contributed by atoms with Crippen molar-refractivity contribution in [1.82, 2.24) is 5.32 Å². The van der Waals surface area contributed by atoms with Crippen LogP contribution in [0, 0.1) is 23.2 Å². The fourth-order valence-electron chi connectivity index (χ4n) is 6.01. The highest BCUT2D eigenvalue weighted by Crippen LogP contribution is 2.60. The van der Waals surface area contributed by atoms with E-state index in [0.717, 1.165) is 24.4 Å². The van der Waals surface area contributed by atoms with Crippen molar-refractivity contribution in [2.24, 2.45) is 23.2 Å². The number of quaternary nitrogens is 1. The molecule has 0 radical (unpaired) electrons. The van der Waals surface area contributed by atoms with E-state index in [0.29, 0.717) is 5.91 Å². The van der Waals surface area contributed by atoms with Gasteiger partial charge in [-0.2, -0.15) is 0 Å². The lowest BCUT2D eigenvalue weighted by molar-refractivity contribution is -0.906. The van der Waals surface area contributed by atoms with E-state index in [1.165, 1.54) is 70.9 Å². The molecule has 0 aromatic heterocycles. The Morgan fingerprint density at radius 2 is 1.50 bits per heavy atom. The molecule has 0 atom stereocenters. The van der Waals surface area contributed by atoms with Crippen LogP contribution in [0.15, 0.2) is 0 Å². The molecule has 3 heteroatoms. The Balaban J connectivity index is 1.38. The van der Waals surface area contributed by atoms with E-state index in [9.17, 15) is 4.79 Å². The second kappa shape index (κ2) is 5.01. The average Bonchev–Trinajstić information content (AvgIpc) is 2.44. The van der Waals surface area contributed by atoms with Gasteiger partial charge in [0.15, 0.2) is 6.67 Å². The van der Waals surface area contributed by atoms with E-state index in [2.05, 4.69) is 5.32 Å². The predicted molar refractivity (Wildman–Crippen MR) is 78.2 cm³/mol. The first-order valence-corrected chi connectivity index (χ1v) is 8.85. The number of hydrogen-bond donors (Lipinski definition) is 2. The van der Waals surface area contributed by atoms with Crippen molar-refractivity contribution in [2.75, 3.05) is 19.8 Å². The second-order valence-corrected chi connectivity index (χ2v) is 8.19. The summed E-state index contributed by atoms with van der Waals surface area (Å²) in [5.41, 5.74) is 0.0456. The van der Waals surface area contributed by atoms with E-state index in [-0.39, 0.29) is 5.41 Å². The lowest BCUT2D eigenvalue weighted by Gasteiger charge is -2.55. The standard InChI is InChI=1S/C17H28N2O/c20-16(18-12-19-4-2-1-3-5-19)17-9-13-6-14(10-17)8-15(7-13)11-17/h13-15H,1-12H2,(H,18,20)/p+1. The number of carbonyl (C=O) groups is 1. The molecule has 4 bridgehead atoms. The quantitative estimate of drug-likeness (QED) is 0.802. The highest BCUT2D eigenvalue weighted by atomic mass is 16.2. The van der Waals surface area contributed by atoms with Crippen molar-refractivity contribution in [2.45, 2.75) is 57.8 Å². The monoisotopic (exact) mass is 277 g/mol. The third-order valence-electron chi connectivity index (χ3n) is 6.58. The molecular weight excluding hydrogens is 248 g/mol. The molecule has 112 valence electrons. The minimum absolute atomic E-state index is 0.0456. The van der Waals surface area contributed by atoms with Crippen molar-refractivity contribution in [3.63, 3.8) is 0 Å². The molecule has 4 aliphatic carbocycles. The summed E-state index contributed by atoms with van der Waals surface area (Å²) in [5.74, 6) is 3.02. The highest BCUT2D eigenvalue weighted by Gasteiger charge is 2.54. The smallest absolute Gasteiger partial charge is 0.230 e. The average molecular weight is 277 g/mol. The van der Waals surface area contributed by atoms with Crippen LogP contribution in [0.2, 0.25) is 0 Å². The van der Waals surface area contributed by atoms with Crippen molar-refractivity contribution in [1.29, 1.82) is 0 Å².